The summed E-state index contributed by atoms with van der Waals surface area (Å²) in [6, 6.07) is 7.74. The van der Waals surface area contributed by atoms with Crippen molar-refractivity contribution in [1.82, 2.24) is 9.34 Å². The molecule has 0 fully saturated rings. The smallest absolute Gasteiger partial charge is 0.125 e. The molecule has 0 atom stereocenters. The lowest BCUT2D eigenvalue weighted by molar-refractivity contribution is 0.427. The maximum Gasteiger partial charge on any atom is 0.125 e. The molecule has 0 saturated heterocycles. The van der Waals surface area contributed by atoms with Gasteiger partial charge in [-0.15, -0.1) is 0 Å². The summed E-state index contributed by atoms with van der Waals surface area (Å²) in [5.41, 5.74) is 0. The average molecular weight is 268 g/mol. The molecule has 0 spiro atoms. The number of hydrogen-bond donors (Lipinski definition) is 1. The highest BCUT2D eigenvalue weighted by molar-refractivity contribution is 7.61. The van der Waals surface area contributed by atoms with Crippen molar-refractivity contribution in [2.24, 2.45) is 0 Å². The third kappa shape index (κ3) is 3.44. The van der Waals surface area contributed by atoms with Gasteiger partial charge < -0.3 is 5.11 Å². The lowest BCUT2D eigenvalue weighted by Crippen LogP contribution is -2.33. The van der Waals surface area contributed by atoms with Gasteiger partial charge in [0.2, 0.25) is 0 Å². The number of phenols is 1. The van der Waals surface area contributed by atoms with E-state index in [4.69, 9.17) is 0 Å². The summed E-state index contributed by atoms with van der Waals surface area (Å²) >= 11 is 0. The third-order valence-electron chi connectivity index (χ3n) is 3.09. The Hall–Kier alpha value is -0.630. The van der Waals surface area contributed by atoms with Gasteiger partial charge in [-0.25, -0.2) is 0 Å². The Kier molecular flexibility index (Phi) is 6.62. The fourth-order valence-electron chi connectivity index (χ4n) is 2.10. The fourth-order valence-corrected chi connectivity index (χ4v) is 4.64. The first-order valence-electron chi connectivity index (χ1n) is 6.77. The standard InChI is InChI=1S/C14H25N2OP/c1-5-15(6-2)18(16(7-3)8-4)14-12-10-9-11-13(14)17/h9-12,17H,5-8H2,1-4H3. The number of rotatable bonds is 7. The van der Waals surface area contributed by atoms with Crippen molar-refractivity contribution in [2.75, 3.05) is 26.2 Å². The number of aromatic hydroxyl groups is 1. The van der Waals surface area contributed by atoms with Crippen molar-refractivity contribution in [2.45, 2.75) is 27.7 Å². The molecule has 1 aromatic carbocycles. The molecule has 0 heterocycles. The lowest BCUT2D eigenvalue weighted by Gasteiger charge is -2.37. The van der Waals surface area contributed by atoms with Gasteiger partial charge in [-0.1, -0.05) is 39.8 Å². The Bertz CT molecular complexity index is 339. The lowest BCUT2D eigenvalue weighted by atomic mass is 10.3. The molecule has 0 radical (unpaired) electrons. The minimum atomic E-state index is -0.587. The summed E-state index contributed by atoms with van der Waals surface area (Å²) in [6.07, 6.45) is 0. The molecule has 4 heteroatoms. The van der Waals surface area contributed by atoms with Gasteiger partial charge in [-0.2, -0.15) is 0 Å². The highest BCUT2D eigenvalue weighted by Crippen LogP contribution is 2.44. The van der Waals surface area contributed by atoms with Crippen LogP contribution in [0.15, 0.2) is 24.3 Å². The van der Waals surface area contributed by atoms with Crippen LogP contribution in [0.4, 0.5) is 0 Å². The van der Waals surface area contributed by atoms with Gasteiger partial charge in [0.15, 0.2) is 0 Å². The summed E-state index contributed by atoms with van der Waals surface area (Å²) < 4.78 is 4.88. The van der Waals surface area contributed by atoms with Crippen LogP contribution >= 0.6 is 8.22 Å². The van der Waals surface area contributed by atoms with Crippen LogP contribution < -0.4 is 5.30 Å². The summed E-state index contributed by atoms with van der Waals surface area (Å²) in [5.74, 6) is 0.419. The molecule has 1 rings (SSSR count). The summed E-state index contributed by atoms with van der Waals surface area (Å²) in [4.78, 5) is 0. The molecule has 102 valence electrons. The van der Waals surface area contributed by atoms with Crippen molar-refractivity contribution in [3.63, 3.8) is 0 Å². The van der Waals surface area contributed by atoms with Crippen molar-refractivity contribution in [1.29, 1.82) is 0 Å². The second-order valence-electron chi connectivity index (χ2n) is 4.06. The molecule has 0 aliphatic carbocycles. The average Bonchev–Trinajstić information content (AvgIpc) is 2.40. The zero-order valence-electron chi connectivity index (χ0n) is 11.9. The molecular weight excluding hydrogens is 243 g/mol. The minimum absolute atomic E-state index is 0.419. The molecule has 1 aromatic rings. The van der Waals surface area contributed by atoms with Gasteiger partial charge >= 0.3 is 0 Å². The minimum Gasteiger partial charge on any atom is -0.507 e. The van der Waals surface area contributed by atoms with Crippen LogP contribution in [0.25, 0.3) is 0 Å². The second kappa shape index (κ2) is 7.73. The Morgan fingerprint density at radius 3 is 1.72 bits per heavy atom. The van der Waals surface area contributed by atoms with Gasteiger partial charge in [-0.05, 0) is 12.1 Å². The summed E-state index contributed by atoms with van der Waals surface area (Å²) in [5, 5.41) is 11.2. The highest BCUT2D eigenvalue weighted by atomic mass is 31.1. The number of nitrogens with zero attached hydrogens (tertiary/aromatic N) is 2. The van der Waals surface area contributed by atoms with E-state index in [9.17, 15) is 5.11 Å². The molecule has 18 heavy (non-hydrogen) atoms. The maximum atomic E-state index is 10.1. The zero-order chi connectivity index (χ0) is 13.5. The molecule has 0 aliphatic heterocycles. The number of phenolic OH excluding ortho intramolecular Hbond substituents is 1. The quantitative estimate of drug-likeness (QED) is 0.770. The number of para-hydroxylation sites is 1. The van der Waals surface area contributed by atoms with Crippen LogP contribution in [0, 0.1) is 0 Å². The molecule has 0 unspecified atom stereocenters. The van der Waals surface area contributed by atoms with Gasteiger partial charge in [0, 0.05) is 31.5 Å². The van der Waals surface area contributed by atoms with E-state index in [0.717, 1.165) is 31.5 Å². The fraction of sp³-hybridized carbons (Fsp3) is 0.571. The van der Waals surface area contributed by atoms with Crippen LogP contribution in [0.3, 0.4) is 0 Å². The van der Waals surface area contributed by atoms with E-state index >= 15 is 0 Å². The van der Waals surface area contributed by atoms with Crippen LogP contribution in [0.2, 0.25) is 0 Å². The predicted octanol–water partition coefficient (Wildman–Crippen LogP) is 3.01. The number of hydrogen-bond acceptors (Lipinski definition) is 3. The van der Waals surface area contributed by atoms with Crippen LogP contribution in [0.1, 0.15) is 27.7 Å². The van der Waals surface area contributed by atoms with Gasteiger partial charge in [0.05, 0.1) is 8.22 Å². The molecule has 3 nitrogen and oxygen atoms in total. The monoisotopic (exact) mass is 268 g/mol. The Morgan fingerprint density at radius 1 is 0.889 bits per heavy atom. The van der Waals surface area contributed by atoms with E-state index in [1.54, 1.807) is 6.07 Å². The molecule has 0 aromatic heterocycles. The van der Waals surface area contributed by atoms with E-state index in [0.29, 0.717) is 5.75 Å². The molecule has 1 N–H and O–H groups in total. The van der Waals surface area contributed by atoms with E-state index in [1.165, 1.54) is 0 Å². The summed E-state index contributed by atoms with van der Waals surface area (Å²) in [7, 11) is -0.587. The summed E-state index contributed by atoms with van der Waals surface area (Å²) in [6.45, 7) is 12.8. The maximum absolute atomic E-state index is 10.1. The predicted molar refractivity (Wildman–Crippen MR) is 80.5 cm³/mol. The number of benzene rings is 1. The van der Waals surface area contributed by atoms with Crippen LogP contribution in [-0.4, -0.2) is 40.6 Å². The molecule has 0 bridgehead atoms. The topological polar surface area (TPSA) is 26.7 Å². The van der Waals surface area contributed by atoms with Gasteiger partial charge in [0.1, 0.15) is 5.75 Å². The molecule has 0 saturated carbocycles. The molecule has 0 amide bonds. The van der Waals surface area contributed by atoms with Crippen molar-refractivity contribution in [3.05, 3.63) is 24.3 Å². The zero-order valence-corrected chi connectivity index (χ0v) is 12.8. The Balaban J connectivity index is 3.15. The van der Waals surface area contributed by atoms with E-state index in [-0.39, 0.29) is 0 Å². The Labute approximate surface area is 112 Å². The van der Waals surface area contributed by atoms with E-state index in [1.807, 2.05) is 12.1 Å². The van der Waals surface area contributed by atoms with Crippen LogP contribution in [0.5, 0.6) is 5.75 Å². The van der Waals surface area contributed by atoms with Crippen LogP contribution in [-0.2, 0) is 0 Å². The largest absolute Gasteiger partial charge is 0.507 e. The SMILES string of the molecule is CCN(CC)P(c1ccccc1O)N(CC)CC. The van der Waals surface area contributed by atoms with E-state index < -0.39 is 8.22 Å². The van der Waals surface area contributed by atoms with Crippen molar-refractivity contribution < 1.29 is 5.11 Å². The normalized spacial score (nSPS) is 11.7. The first-order valence-corrected chi connectivity index (χ1v) is 8.02. The molecule has 0 aliphatic rings. The van der Waals surface area contributed by atoms with Gasteiger partial charge in [-0.3, -0.25) is 9.34 Å². The first-order chi connectivity index (χ1) is 8.69. The molecular formula is C14H25N2OP. The Morgan fingerprint density at radius 2 is 1.33 bits per heavy atom. The highest BCUT2D eigenvalue weighted by Gasteiger charge is 2.25. The van der Waals surface area contributed by atoms with Gasteiger partial charge in [0.25, 0.3) is 0 Å². The van der Waals surface area contributed by atoms with Crippen molar-refractivity contribution in [3.8, 4) is 5.75 Å². The van der Waals surface area contributed by atoms with E-state index in [2.05, 4.69) is 43.1 Å². The van der Waals surface area contributed by atoms with Crippen molar-refractivity contribution >= 4 is 13.5 Å². The second-order valence-corrected chi connectivity index (χ2v) is 6.25. The third-order valence-corrected chi connectivity index (χ3v) is 6.11. The first kappa shape index (κ1) is 15.4.